The van der Waals surface area contributed by atoms with Crippen molar-refractivity contribution in [3.05, 3.63) is 41.2 Å². The van der Waals surface area contributed by atoms with E-state index in [0.29, 0.717) is 0 Å². The summed E-state index contributed by atoms with van der Waals surface area (Å²) in [5.41, 5.74) is -1.92. The fraction of sp³-hybridized carbons (Fsp3) is 0.526. The molecule has 1 atom stereocenters. The summed E-state index contributed by atoms with van der Waals surface area (Å²) in [7, 11) is 0. The van der Waals surface area contributed by atoms with E-state index in [1.165, 1.54) is 19.1 Å². The second-order valence-electron chi connectivity index (χ2n) is 7.07. The van der Waals surface area contributed by atoms with Crippen molar-refractivity contribution >= 4 is 11.4 Å². The first-order valence-electron chi connectivity index (χ1n) is 9.37. The lowest BCUT2D eigenvalue weighted by molar-refractivity contribution is -0.311. The minimum atomic E-state index is -6.23. The average Bonchev–Trinajstić information content (AvgIpc) is 3.02. The van der Waals surface area contributed by atoms with E-state index >= 15 is 0 Å². The second kappa shape index (κ2) is 9.51. The smallest absolute Gasteiger partial charge is 0.396 e. The molecule has 1 heterocycles. The Kier molecular flexibility index (Phi) is 7.63. The zero-order valence-electron chi connectivity index (χ0n) is 17.0. The number of alkyl halides is 8. The quantitative estimate of drug-likeness (QED) is 0.264. The van der Waals surface area contributed by atoms with Crippen molar-refractivity contribution < 1.29 is 40.2 Å². The molecule has 1 aromatic carbocycles. The van der Waals surface area contributed by atoms with Gasteiger partial charge in [0.25, 0.3) is 6.17 Å². The number of benzene rings is 1. The van der Waals surface area contributed by atoms with Gasteiger partial charge in [0.2, 0.25) is 0 Å². The maximum Gasteiger partial charge on any atom is 0.425 e. The standard InChI is InChI=1S/C19H20F8N4O/c1-11-5-7-13(8-6-11)28-29-14-12(2)31(9-3-4-10-32)30-15(14)17(21,22)18(23,24)16(20)19(25,26)27/h5-8,16,32H,3-4,9-10H2,1-2H3. The Hall–Kier alpha value is -2.57. The van der Waals surface area contributed by atoms with E-state index < -0.39 is 35.6 Å². The van der Waals surface area contributed by atoms with E-state index in [-0.39, 0.29) is 37.4 Å². The predicted octanol–water partition coefficient (Wildman–Crippen LogP) is 6.32. The third-order valence-corrected chi connectivity index (χ3v) is 4.57. The minimum absolute atomic E-state index is 0.126. The van der Waals surface area contributed by atoms with Gasteiger partial charge >= 0.3 is 18.0 Å². The van der Waals surface area contributed by atoms with Gasteiger partial charge in [-0.15, -0.1) is 5.11 Å². The Morgan fingerprint density at radius 3 is 2.09 bits per heavy atom. The minimum Gasteiger partial charge on any atom is -0.396 e. The lowest BCUT2D eigenvalue weighted by Crippen LogP contribution is -2.52. The first kappa shape index (κ1) is 25.7. The Bertz CT molecular complexity index is 938. The number of aromatic nitrogens is 2. The molecule has 2 rings (SSSR count). The second-order valence-corrected chi connectivity index (χ2v) is 7.07. The predicted molar refractivity (Wildman–Crippen MR) is 98.4 cm³/mol. The summed E-state index contributed by atoms with van der Waals surface area (Å²) in [6, 6.07) is 6.13. The van der Waals surface area contributed by atoms with Crippen LogP contribution in [-0.4, -0.2) is 39.8 Å². The molecule has 5 nitrogen and oxygen atoms in total. The molecular formula is C19H20F8N4O. The number of aliphatic hydroxyl groups is 1. The number of nitrogens with zero attached hydrogens (tertiary/aromatic N) is 4. The summed E-state index contributed by atoms with van der Waals surface area (Å²) in [4.78, 5) is 0. The van der Waals surface area contributed by atoms with Crippen LogP contribution in [0.5, 0.6) is 0 Å². The fourth-order valence-electron chi connectivity index (χ4n) is 2.70. The van der Waals surface area contributed by atoms with E-state index in [1.807, 2.05) is 0 Å². The third kappa shape index (κ3) is 5.25. The Morgan fingerprint density at radius 1 is 0.969 bits per heavy atom. The third-order valence-electron chi connectivity index (χ3n) is 4.57. The molecule has 0 aliphatic carbocycles. The topological polar surface area (TPSA) is 62.8 Å². The molecule has 0 fully saturated rings. The summed E-state index contributed by atoms with van der Waals surface area (Å²) in [5, 5.41) is 19.4. The van der Waals surface area contributed by atoms with Crippen LogP contribution in [0.1, 0.15) is 29.8 Å². The van der Waals surface area contributed by atoms with Crippen molar-refractivity contribution in [2.45, 2.75) is 57.4 Å². The van der Waals surface area contributed by atoms with Crippen LogP contribution in [-0.2, 0) is 12.5 Å². The Labute approximate surface area is 177 Å². The largest absolute Gasteiger partial charge is 0.425 e. The number of hydrogen-bond acceptors (Lipinski definition) is 4. The molecule has 0 amide bonds. The summed E-state index contributed by atoms with van der Waals surface area (Å²) in [5.74, 6) is -11.8. The number of aliphatic hydroxyl groups excluding tert-OH is 1. The van der Waals surface area contributed by atoms with Crippen LogP contribution in [0, 0.1) is 13.8 Å². The first-order chi connectivity index (χ1) is 14.7. The maximum absolute atomic E-state index is 14.6. The summed E-state index contributed by atoms with van der Waals surface area (Å²) in [6.45, 7) is 2.58. The van der Waals surface area contributed by atoms with E-state index in [4.69, 9.17) is 5.11 Å². The summed E-state index contributed by atoms with van der Waals surface area (Å²) >= 11 is 0. The number of rotatable bonds is 9. The highest BCUT2D eigenvalue weighted by Crippen LogP contribution is 2.52. The normalized spacial score (nSPS) is 14.3. The van der Waals surface area contributed by atoms with Gasteiger partial charge in [-0.25, -0.2) is 4.39 Å². The van der Waals surface area contributed by atoms with Gasteiger partial charge < -0.3 is 5.11 Å². The maximum atomic E-state index is 14.6. The van der Waals surface area contributed by atoms with E-state index in [2.05, 4.69) is 15.3 Å². The molecule has 178 valence electrons. The Morgan fingerprint density at radius 2 is 1.56 bits per heavy atom. The first-order valence-corrected chi connectivity index (χ1v) is 9.37. The molecular weight excluding hydrogens is 452 g/mol. The summed E-state index contributed by atoms with van der Waals surface area (Å²) < 4.78 is 109. The molecule has 2 aromatic rings. The summed E-state index contributed by atoms with van der Waals surface area (Å²) in [6.07, 6.45) is -10.9. The van der Waals surface area contributed by atoms with Crippen molar-refractivity contribution in [3.8, 4) is 0 Å². The molecule has 1 unspecified atom stereocenters. The van der Waals surface area contributed by atoms with Crippen molar-refractivity contribution in [2.75, 3.05) is 6.61 Å². The molecule has 0 radical (unpaired) electrons. The SMILES string of the molecule is Cc1ccc(N=Nc2c(C(F)(F)C(F)(F)C(F)C(F)(F)F)nn(CCCCO)c2C)cc1. The van der Waals surface area contributed by atoms with E-state index in [0.717, 1.165) is 10.2 Å². The zero-order valence-corrected chi connectivity index (χ0v) is 17.0. The van der Waals surface area contributed by atoms with Crippen molar-refractivity contribution in [1.82, 2.24) is 9.78 Å². The number of aryl methyl sites for hydroxylation is 2. The lowest BCUT2D eigenvalue weighted by atomic mass is 10.0. The molecule has 0 aliphatic heterocycles. The molecule has 1 N–H and O–H groups in total. The van der Waals surface area contributed by atoms with Crippen LogP contribution >= 0.6 is 0 Å². The highest BCUT2D eigenvalue weighted by molar-refractivity contribution is 5.50. The van der Waals surface area contributed by atoms with Gasteiger partial charge in [-0.3, -0.25) is 4.68 Å². The van der Waals surface area contributed by atoms with Gasteiger partial charge in [0, 0.05) is 13.2 Å². The van der Waals surface area contributed by atoms with Crippen molar-refractivity contribution in [2.24, 2.45) is 10.2 Å². The number of unbranched alkanes of at least 4 members (excludes halogenated alkanes) is 1. The van der Waals surface area contributed by atoms with E-state index in [1.54, 1.807) is 19.1 Å². The van der Waals surface area contributed by atoms with Crippen LogP contribution in [0.2, 0.25) is 0 Å². The van der Waals surface area contributed by atoms with Gasteiger partial charge in [-0.05, 0) is 38.8 Å². The number of azo groups is 1. The highest BCUT2D eigenvalue weighted by atomic mass is 19.4. The van der Waals surface area contributed by atoms with Gasteiger partial charge in [0.1, 0.15) is 5.69 Å². The van der Waals surface area contributed by atoms with Crippen LogP contribution in [0.25, 0.3) is 0 Å². The molecule has 0 saturated heterocycles. The van der Waals surface area contributed by atoms with Gasteiger partial charge in [-0.2, -0.15) is 40.9 Å². The van der Waals surface area contributed by atoms with Crippen LogP contribution in [0.4, 0.5) is 46.5 Å². The number of hydrogen-bond donors (Lipinski definition) is 1. The van der Waals surface area contributed by atoms with Crippen LogP contribution in [0.3, 0.4) is 0 Å². The zero-order chi connectivity index (χ0) is 24.3. The monoisotopic (exact) mass is 472 g/mol. The number of halogens is 8. The van der Waals surface area contributed by atoms with Crippen LogP contribution in [0.15, 0.2) is 34.5 Å². The molecule has 0 spiro atoms. The highest BCUT2D eigenvalue weighted by Gasteiger charge is 2.71. The van der Waals surface area contributed by atoms with Gasteiger partial charge in [0.05, 0.1) is 11.4 Å². The molecule has 0 aliphatic rings. The van der Waals surface area contributed by atoms with Gasteiger partial charge in [-0.1, -0.05) is 17.7 Å². The van der Waals surface area contributed by atoms with Crippen LogP contribution < -0.4 is 0 Å². The van der Waals surface area contributed by atoms with Gasteiger partial charge in [0.15, 0.2) is 5.69 Å². The Balaban J connectivity index is 2.58. The average molecular weight is 472 g/mol. The molecule has 0 saturated carbocycles. The van der Waals surface area contributed by atoms with Crippen molar-refractivity contribution in [1.29, 1.82) is 0 Å². The molecule has 0 bridgehead atoms. The van der Waals surface area contributed by atoms with E-state index in [9.17, 15) is 35.1 Å². The molecule has 1 aromatic heterocycles. The molecule has 32 heavy (non-hydrogen) atoms. The fourth-order valence-corrected chi connectivity index (χ4v) is 2.70. The molecule has 13 heteroatoms. The lowest BCUT2D eigenvalue weighted by Gasteiger charge is -2.29. The van der Waals surface area contributed by atoms with Crippen molar-refractivity contribution in [3.63, 3.8) is 0 Å².